The van der Waals surface area contributed by atoms with E-state index in [9.17, 15) is 4.79 Å². The second-order valence-electron chi connectivity index (χ2n) is 5.91. The molecule has 0 bridgehead atoms. The van der Waals surface area contributed by atoms with Crippen LogP contribution in [0.1, 0.15) is 61.8 Å². The molecule has 1 aromatic rings. The standard InChI is InChI=1S/C13H21N3OS/c1-13(2,3)11-10(18-15-14-11)12(17)16-8-6-4-5-7-9-16/h4-9H2,1-3H3. The largest absolute Gasteiger partial charge is 0.338 e. The van der Waals surface area contributed by atoms with E-state index in [2.05, 4.69) is 30.4 Å². The van der Waals surface area contributed by atoms with Gasteiger partial charge in [-0.3, -0.25) is 4.79 Å². The Kier molecular flexibility index (Phi) is 4.00. The Bertz CT molecular complexity index is 414. The van der Waals surface area contributed by atoms with Gasteiger partial charge in [-0.1, -0.05) is 38.1 Å². The van der Waals surface area contributed by atoms with Gasteiger partial charge in [0.15, 0.2) is 0 Å². The highest BCUT2D eigenvalue weighted by Gasteiger charge is 2.29. The highest BCUT2D eigenvalue weighted by Crippen LogP contribution is 2.27. The second-order valence-corrected chi connectivity index (χ2v) is 6.66. The molecule has 100 valence electrons. The molecule has 1 aliphatic rings. The third-order valence-electron chi connectivity index (χ3n) is 3.29. The van der Waals surface area contributed by atoms with Gasteiger partial charge in [0.05, 0.1) is 5.69 Å². The Hall–Kier alpha value is -0.970. The molecule has 0 atom stereocenters. The number of aromatic nitrogens is 2. The first-order valence-electron chi connectivity index (χ1n) is 6.62. The maximum Gasteiger partial charge on any atom is 0.267 e. The summed E-state index contributed by atoms with van der Waals surface area (Å²) in [7, 11) is 0. The number of nitrogens with zero attached hydrogens (tertiary/aromatic N) is 3. The van der Waals surface area contributed by atoms with Crippen molar-refractivity contribution < 1.29 is 4.79 Å². The zero-order valence-electron chi connectivity index (χ0n) is 11.4. The Morgan fingerprint density at radius 2 is 1.78 bits per heavy atom. The summed E-state index contributed by atoms with van der Waals surface area (Å²) < 4.78 is 3.97. The number of likely N-dealkylation sites (tertiary alicyclic amines) is 1. The van der Waals surface area contributed by atoms with Crippen molar-refractivity contribution in [1.82, 2.24) is 14.5 Å². The maximum atomic E-state index is 12.5. The summed E-state index contributed by atoms with van der Waals surface area (Å²) in [5.41, 5.74) is 0.714. The summed E-state index contributed by atoms with van der Waals surface area (Å²) in [5, 5.41) is 4.15. The van der Waals surface area contributed by atoms with Crippen LogP contribution in [0.5, 0.6) is 0 Å². The minimum absolute atomic E-state index is 0.121. The molecule has 0 spiro atoms. The number of carbonyl (C=O) groups is 1. The third kappa shape index (κ3) is 2.88. The molecular weight excluding hydrogens is 246 g/mol. The number of hydrogen-bond acceptors (Lipinski definition) is 4. The number of hydrogen-bond donors (Lipinski definition) is 0. The van der Waals surface area contributed by atoms with Crippen LogP contribution >= 0.6 is 11.5 Å². The van der Waals surface area contributed by atoms with Gasteiger partial charge in [0.1, 0.15) is 4.88 Å². The van der Waals surface area contributed by atoms with Gasteiger partial charge >= 0.3 is 0 Å². The van der Waals surface area contributed by atoms with Gasteiger partial charge in [0.25, 0.3) is 5.91 Å². The molecule has 18 heavy (non-hydrogen) atoms. The predicted molar refractivity (Wildman–Crippen MR) is 73.0 cm³/mol. The van der Waals surface area contributed by atoms with Gasteiger partial charge in [-0.05, 0) is 24.4 Å². The lowest BCUT2D eigenvalue weighted by molar-refractivity contribution is 0.0764. The summed E-state index contributed by atoms with van der Waals surface area (Å²) in [6.07, 6.45) is 4.69. The molecule has 1 aliphatic heterocycles. The van der Waals surface area contributed by atoms with Crippen LogP contribution in [0, 0.1) is 0 Å². The van der Waals surface area contributed by atoms with E-state index in [1.54, 1.807) is 0 Å². The molecule has 5 heteroatoms. The maximum absolute atomic E-state index is 12.5. The van der Waals surface area contributed by atoms with Crippen molar-refractivity contribution in [2.45, 2.75) is 51.9 Å². The van der Waals surface area contributed by atoms with E-state index >= 15 is 0 Å². The molecular formula is C13H21N3OS. The Balaban J connectivity index is 2.20. The Morgan fingerprint density at radius 1 is 1.17 bits per heavy atom. The molecule has 1 saturated heterocycles. The number of rotatable bonds is 1. The van der Waals surface area contributed by atoms with E-state index in [1.807, 2.05) is 4.90 Å². The van der Waals surface area contributed by atoms with Gasteiger partial charge in [0.2, 0.25) is 0 Å². The lowest BCUT2D eigenvalue weighted by Gasteiger charge is -2.22. The van der Waals surface area contributed by atoms with E-state index in [0.29, 0.717) is 0 Å². The van der Waals surface area contributed by atoms with Crippen molar-refractivity contribution in [1.29, 1.82) is 0 Å². The fraction of sp³-hybridized carbons (Fsp3) is 0.769. The van der Waals surface area contributed by atoms with Crippen molar-refractivity contribution in [2.24, 2.45) is 0 Å². The van der Waals surface area contributed by atoms with E-state index in [0.717, 1.165) is 36.5 Å². The third-order valence-corrected chi connectivity index (χ3v) is 4.00. The molecule has 1 aromatic heterocycles. The van der Waals surface area contributed by atoms with Crippen LogP contribution in [0.2, 0.25) is 0 Å². The minimum Gasteiger partial charge on any atom is -0.338 e. The van der Waals surface area contributed by atoms with Crippen molar-refractivity contribution in [2.75, 3.05) is 13.1 Å². The van der Waals surface area contributed by atoms with E-state index < -0.39 is 0 Å². The molecule has 2 heterocycles. The second kappa shape index (κ2) is 5.34. The quantitative estimate of drug-likeness (QED) is 0.786. The molecule has 1 amide bonds. The highest BCUT2D eigenvalue weighted by molar-refractivity contribution is 7.08. The first kappa shape index (κ1) is 13.5. The molecule has 4 nitrogen and oxygen atoms in total. The first-order valence-corrected chi connectivity index (χ1v) is 7.39. The van der Waals surface area contributed by atoms with Gasteiger partial charge in [0, 0.05) is 18.5 Å². The van der Waals surface area contributed by atoms with E-state index in [-0.39, 0.29) is 11.3 Å². The lowest BCUT2D eigenvalue weighted by Crippen LogP contribution is -2.33. The van der Waals surface area contributed by atoms with Gasteiger partial charge < -0.3 is 4.90 Å². The summed E-state index contributed by atoms with van der Waals surface area (Å²) in [5.74, 6) is 0.122. The van der Waals surface area contributed by atoms with Crippen molar-refractivity contribution in [3.8, 4) is 0 Å². The summed E-state index contributed by atoms with van der Waals surface area (Å²) >= 11 is 1.23. The molecule has 2 rings (SSSR count). The van der Waals surface area contributed by atoms with Crippen LogP contribution in [0.15, 0.2) is 0 Å². The fourth-order valence-corrected chi connectivity index (χ4v) is 3.08. The average molecular weight is 267 g/mol. The predicted octanol–water partition coefficient (Wildman–Crippen LogP) is 2.85. The van der Waals surface area contributed by atoms with Crippen molar-refractivity contribution >= 4 is 17.4 Å². The SMILES string of the molecule is CC(C)(C)c1nnsc1C(=O)N1CCCCCC1. The monoisotopic (exact) mass is 267 g/mol. The lowest BCUT2D eigenvalue weighted by atomic mass is 9.91. The van der Waals surface area contributed by atoms with Crippen LogP contribution < -0.4 is 0 Å². The summed E-state index contributed by atoms with van der Waals surface area (Å²) in [4.78, 5) is 15.2. The molecule has 0 radical (unpaired) electrons. The van der Waals surface area contributed by atoms with Crippen molar-refractivity contribution in [3.63, 3.8) is 0 Å². The van der Waals surface area contributed by atoms with E-state index in [4.69, 9.17) is 0 Å². The molecule has 1 fully saturated rings. The van der Waals surface area contributed by atoms with Crippen LogP contribution in [0.3, 0.4) is 0 Å². The Morgan fingerprint density at radius 3 is 2.33 bits per heavy atom. The van der Waals surface area contributed by atoms with Crippen molar-refractivity contribution in [3.05, 3.63) is 10.6 Å². The smallest absolute Gasteiger partial charge is 0.267 e. The molecule has 0 aliphatic carbocycles. The highest BCUT2D eigenvalue weighted by atomic mass is 32.1. The first-order chi connectivity index (χ1) is 8.50. The van der Waals surface area contributed by atoms with Gasteiger partial charge in [-0.25, -0.2) is 0 Å². The van der Waals surface area contributed by atoms with Crippen LogP contribution in [-0.4, -0.2) is 33.5 Å². The number of carbonyl (C=O) groups excluding carboxylic acids is 1. The van der Waals surface area contributed by atoms with Crippen LogP contribution in [0.4, 0.5) is 0 Å². The van der Waals surface area contributed by atoms with Crippen LogP contribution in [-0.2, 0) is 5.41 Å². The zero-order chi connectivity index (χ0) is 13.2. The van der Waals surface area contributed by atoms with Crippen LogP contribution in [0.25, 0.3) is 0 Å². The normalized spacial score (nSPS) is 17.6. The number of amides is 1. The van der Waals surface area contributed by atoms with E-state index in [1.165, 1.54) is 24.4 Å². The zero-order valence-corrected chi connectivity index (χ0v) is 12.2. The fourth-order valence-electron chi connectivity index (χ4n) is 2.24. The topological polar surface area (TPSA) is 46.1 Å². The van der Waals surface area contributed by atoms with Gasteiger partial charge in [-0.15, -0.1) is 5.10 Å². The minimum atomic E-state index is -0.121. The molecule has 0 saturated carbocycles. The molecule has 0 aromatic carbocycles. The van der Waals surface area contributed by atoms with Gasteiger partial charge in [-0.2, -0.15) is 0 Å². The summed E-state index contributed by atoms with van der Waals surface area (Å²) in [6, 6.07) is 0. The average Bonchev–Trinajstić information content (AvgIpc) is 2.64. The summed E-state index contributed by atoms with van der Waals surface area (Å²) in [6.45, 7) is 7.97. The molecule has 0 unspecified atom stereocenters. The Labute approximate surface area is 113 Å². The molecule has 0 N–H and O–H groups in total.